The number of hydrogen-bond donors (Lipinski definition) is 1. The number of hydrogen-bond acceptors (Lipinski definition) is 1. The average molecular weight is 397 g/mol. The fourth-order valence-electron chi connectivity index (χ4n) is 7.59. The fourth-order valence-corrected chi connectivity index (χ4v) is 7.59. The van der Waals surface area contributed by atoms with Crippen molar-refractivity contribution in [3.63, 3.8) is 0 Å². The Kier molecular flexibility index (Phi) is 5.69. The van der Waals surface area contributed by atoms with Crippen molar-refractivity contribution in [1.82, 2.24) is 0 Å². The minimum atomic E-state index is -0.116. The zero-order valence-corrected chi connectivity index (χ0v) is 19.7. The molecule has 1 heteroatoms. The van der Waals surface area contributed by atoms with Crippen LogP contribution in [0.2, 0.25) is 0 Å². The van der Waals surface area contributed by atoms with E-state index < -0.39 is 0 Å². The molecule has 0 spiro atoms. The lowest BCUT2D eigenvalue weighted by Crippen LogP contribution is -2.46. The van der Waals surface area contributed by atoms with Gasteiger partial charge in [0.05, 0.1) is 6.10 Å². The monoisotopic (exact) mass is 396 g/mol. The van der Waals surface area contributed by atoms with Crippen LogP contribution in [-0.2, 0) is 0 Å². The van der Waals surface area contributed by atoms with Crippen molar-refractivity contribution < 1.29 is 5.11 Å². The van der Waals surface area contributed by atoms with Gasteiger partial charge < -0.3 is 5.11 Å². The van der Waals surface area contributed by atoms with Gasteiger partial charge in [0, 0.05) is 0 Å². The number of aliphatic hydroxyl groups is 1. The fraction of sp³-hybridized carbons (Fsp3) is 0.786. The Balaban J connectivity index is 1.57. The maximum Gasteiger partial charge on any atom is 0.0578 e. The summed E-state index contributed by atoms with van der Waals surface area (Å²) < 4.78 is 0. The van der Waals surface area contributed by atoms with E-state index in [0.717, 1.165) is 36.5 Å². The van der Waals surface area contributed by atoms with Gasteiger partial charge in [0.25, 0.3) is 0 Å². The van der Waals surface area contributed by atoms with Gasteiger partial charge in [-0.2, -0.15) is 0 Å². The van der Waals surface area contributed by atoms with Crippen LogP contribution in [-0.4, -0.2) is 11.2 Å². The van der Waals surface area contributed by atoms with Gasteiger partial charge in [-0.05, 0) is 91.3 Å². The summed E-state index contributed by atoms with van der Waals surface area (Å²) in [5.41, 5.74) is 4.07. The van der Waals surface area contributed by atoms with Crippen molar-refractivity contribution in [1.29, 1.82) is 0 Å². The van der Waals surface area contributed by atoms with Gasteiger partial charge in [0.2, 0.25) is 0 Å². The Morgan fingerprint density at radius 3 is 2.41 bits per heavy atom. The van der Waals surface area contributed by atoms with Crippen LogP contribution in [0.3, 0.4) is 0 Å². The molecule has 2 unspecified atom stereocenters. The lowest BCUT2D eigenvalue weighted by Gasteiger charge is -2.55. The third-order valence-electron chi connectivity index (χ3n) is 10.0. The molecular weight excluding hydrogens is 352 g/mol. The first-order valence-corrected chi connectivity index (χ1v) is 12.4. The Morgan fingerprint density at radius 1 is 0.931 bits per heavy atom. The molecule has 3 fully saturated rings. The van der Waals surface area contributed by atoms with Crippen LogP contribution in [0.25, 0.3) is 0 Å². The molecule has 0 saturated heterocycles. The Bertz CT molecular complexity index is 712. The summed E-state index contributed by atoms with van der Waals surface area (Å²) >= 11 is 0. The second-order valence-electron chi connectivity index (χ2n) is 11.9. The van der Waals surface area contributed by atoms with Crippen LogP contribution >= 0.6 is 0 Å². The first-order chi connectivity index (χ1) is 13.7. The van der Waals surface area contributed by atoms with Crippen molar-refractivity contribution in [2.24, 2.45) is 46.3 Å². The zero-order valence-electron chi connectivity index (χ0n) is 19.7. The highest BCUT2D eigenvalue weighted by Crippen LogP contribution is 2.65. The van der Waals surface area contributed by atoms with E-state index in [9.17, 15) is 5.11 Å². The molecule has 1 nitrogen and oxygen atoms in total. The first-order valence-electron chi connectivity index (χ1n) is 12.4. The van der Waals surface area contributed by atoms with Crippen molar-refractivity contribution in [3.8, 4) is 0 Å². The number of fused-ring (bicyclic) bond motifs is 5. The molecule has 0 heterocycles. The molecule has 3 saturated carbocycles. The highest BCUT2D eigenvalue weighted by Gasteiger charge is 2.56. The average Bonchev–Trinajstić information content (AvgIpc) is 3.03. The van der Waals surface area contributed by atoms with Gasteiger partial charge in [-0.3, -0.25) is 0 Å². The Labute approximate surface area is 179 Å². The van der Waals surface area contributed by atoms with Crippen LogP contribution in [0.4, 0.5) is 0 Å². The molecule has 4 rings (SSSR count). The second-order valence-corrected chi connectivity index (χ2v) is 11.9. The maximum atomic E-state index is 10.2. The summed E-state index contributed by atoms with van der Waals surface area (Å²) in [6.45, 7) is 14.6. The maximum absolute atomic E-state index is 10.2. The van der Waals surface area contributed by atoms with Crippen LogP contribution in [0, 0.1) is 46.3 Å². The third kappa shape index (κ3) is 3.50. The second kappa shape index (κ2) is 7.70. The first kappa shape index (κ1) is 21.4. The van der Waals surface area contributed by atoms with E-state index in [2.05, 4.69) is 65.8 Å². The standard InChI is InChI=1S/C28H44O/c1-18(2)19(3)7-8-20(4)24-11-12-25-23-10-9-21-17-22(29)13-15-27(21,5)26(23)14-16-28(24,25)6/h7-10,18-20,22,24-26,29H,11-17H2,1-6H3/b8-7+/t19-,20?,22-,24?,25-,26-,27-,28+/m0/s1. The molecule has 0 bridgehead atoms. The molecule has 0 amide bonds. The molecule has 0 aromatic rings. The molecule has 1 N–H and O–H groups in total. The SMILES string of the molecule is CC(/C=C/[C@H](C)C(C)C)C1CC[C@H]2C3=CC=C4C[C@@H](O)CC[C@]4(C)[C@H]3CC[C@]12C. The number of allylic oxidation sites excluding steroid dienone is 5. The Morgan fingerprint density at radius 2 is 1.69 bits per heavy atom. The zero-order chi connectivity index (χ0) is 21.0. The molecule has 29 heavy (non-hydrogen) atoms. The van der Waals surface area contributed by atoms with Gasteiger partial charge >= 0.3 is 0 Å². The molecule has 8 atom stereocenters. The lowest BCUT2D eigenvalue weighted by atomic mass is 9.50. The summed E-state index contributed by atoms with van der Waals surface area (Å²) in [6.07, 6.45) is 18.4. The molecule has 0 aromatic carbocycles. The number of rotatable bonds is 4. The van der Waals surface area contributed by atoms with E-state index in [1.807, 2.05) is 0 Å². The minimum absolute atomic E-state index is 0.116. The normalized spacial score (nSPS) is 44.0. The predicted octanol–water partition coefficient (Wildman–Crippen LogP) is 7.33. The molecule has 4 aliphatic rings. The summed E-state index contributed by atoms with van der Waals surface area (Å²) in [5.74, 6) is 4.38. The molecule has 4 aliphatic carbocycles. The Hall–Kier alpha value is -0.820. The van der Waals surface area contributed by atoms with Gasteiger partial charge in [0.15, 0.2) is 0 Å². The molecule has 0 aromatic heterocycles. The minimum Gasteiger partial charge on any atom is -0.393 e. The molecule has 0 radical (unpaired) electrons. The molecule has 0 aliphatic heterocycles. The van der Waals surface area contributed by atoms with E-state index in [1.54, 1.807) is 5.57 Å². The topological polar surface area (TPSA) is 20.2 Å². The number of aliphatic hydroxyl groups excluding tert-OH is 1. The van der Waals surface area contributed by atoms with Crippen LogP contribution in [0.15, 0.2) is 35.5 Å². The van der Waals surface area contributed by atoms with Crippen molar-refractivity contribution in [2.45, 2.75) is 92.6 Å². The summed E-state index contributed by atoms with van der Waals surface area (Å²) in [6, 6.07) is 0. The lowest BCUT2D eigenvalue weighted by molar-refractivity contribution is 0.0382. The largest absolute Gasteiger partial charge is 0.393 e. The summed E-state index contributed by atoms with van der Waals surface area (Å²) in [5, 5.41) is 10.2. The predicted molar refractivity (Wildman–Crippen MR) is 123 cm³/mol. The van der Waals surface area contributed by atoms with E-state index in [4.69, 9.17) is 0 Å². The van der Waals surface area contributed by atoms with Crippen molar-refractivity contribution in [2.75, 3.05) is 0 Å². The van der Waals surface area contributed by atoms with Gasteiger partial charge in [0.1, 0.15) is 0 Å². The van der Waals surface area contributed by atoms with Gasteiger partial charge in [-0.1, -0.05) is 77.0 Å². The quantitative estimate of drug-likeness (QED) is 0.493. The van der Waals surface area contributed by atoms with E-state index in [-0.39, 0.29) is 6.10 Å². The van der Waals surface area contributed by atoms with E-state index in [0.29, 0.717) is 22.7 Å². The van der Waals surface area contributed by atoms with Gasteiger partial charge in [-0.25, -0.2) is 0 Å². The van der Waals surface area contributed by atoms with E-state index in [1.165, 1.54) is 37.7 Å². The highest BCUT2D eigenvalue weighted by molar-refractivity contribution is 5.39. The third-order valence-corrected chi connectivity index (χ3v) is 10.0. The van der Waals surface area contributed by atoms with Crippen LogP contribution in [0.5, 0.6) is 0 Å². The van der Waals surface area contributed by atoms with Gasteiger partial charge in [-0.15, -0.1) is 0 Å². The van der Waals surface area contributed by atoms with Crippen LogP contribution < -0.4 is 0 Å². The summed E-state index contributed by atoms with van der Waals surface area (Å²) in [4.78, 5) is 0. The van der Waals surface area contributed by atoms with Crippen molar-refractivity contribution >= 4 is 0 Å². The molecule has 162 valence electrons. The van der Waals surface area contributed by atoms with E-state index >= 15 is 0 Å². The molecular formula is C28H44O. The van der Waals surface area contributed by atoms with Crippen molar-refractivity contribution in [3.05, 3.63) is 35.5 Å². The van der Waals surface area contributed by atoms with Crippen LogP contribution in [0.1, 0.15) is 86.5 Å². The highest BCUT2D eigenvalue weighted by atomic mass is 16.3. The summed E-state index contributed by atoms with van der Waals surface area (Å²) in [7, 11) is 0. The smallest absolute Gasteiger partial charge is 0.0578 e.